The largest absolute Gasteiger partial charge is 0.396 e. The molecular formula is C13H22N4O. The van der Waals surface area contributed by atoms with Crippen LogP contribution < -0.4 is 5.73 Å². The summed E-state index contributed by atoms with van der Waals surface area (Å²) in [5, 5.41) is 4.22. The maximum absolute atomic E-state index is 12.3. The highest BCUT2D eigenvalue weighted by Gasteiger charge is 2.23. The van der Waals surface area contributed by atoms with Crippen molar-refractivity contribution in [3.05, 3.63) is 11.9 Å². The molecule has 1 saturated carbocycles. The lowest BCUT2D eigenvalue weighted by molar-refractivity contribution is 0.0767. The Morgan fingerprint density at radius 2 is 2.22 bits per heavy atom. The van der Waals surface area contributed by atoms with Gasteiger partial charge in [0.25, 0.3) is 5.91 Å². The predicted molar refractivity (Wildman–Crippen MR) is 71.2 cm³/mol. The number of nitrogens with two attached hydrogens (primary N) is 1. The number of anilines is 1. The SMILES string of the molecule is CCn1cc(N)c(C(=O)N(C)CC2CCCC2)n1. The fourth-order valence-electron chi connectivity index (χ4n) is 2.61. The van der Waals surface area contributed by atoms with Gasteiger partial charge in [-0.25, -0.2) is 0 Å². The Labute approximate surface area is 108 Å². The topological polar surface area (TPSA) is 64.2 Å². The van der Waals surface area contributed by atoms with Crippen molar-refractivity contribution < 1.29 is 4.79 Å². The molecule has 2 rings (SSSR count). The van der Waals surface area contributed by atoms with Crippen molar-refractivity contribution in [2.75, 3.05) is 19.3 Å². The molecule has 0 aliphatic heterocycles. The average Bonchev–Trinajstić information content (AvgIpc) is 2.97. The van der Waals surface area contributed by atoms with Crippen LogP contribution in [0, 0.1) is 5.92 Å². The first-order valence-corrected chi connectivity index (χ1v) is 6.70. The van der Waals surface area contributed by atoms with Crippen molar-refractivity contribution in [3.63, 3.8) is 0 Å². The van der Waals surface area contributed by atoms with E-state index in [1.165, 1.54) is 25.7 Å². The van der Waals surface area contributed by atoms with Crippen molar-refractivity contribution in [3.8, 4) is 0 Å². The van der Waals surface area contributed by atoms with E-state index in [2.05, 4.69) is 5.10 Å². The normalized spacial score (nSPS) is 16.1. The van der Waals surface area contributed by atoms with Crippen LogP contribution in [0.4, 0.5) is 5.69 Å². The molecule has 1 amide bonds. The molecule has 100 valence electrons. The molecule has 0 unspecified atom stereocenters. The summed E-state index contributed by atoms with van der Waals surface area (Å²) in [4.78, 5) is 14.0. The van der Waals surface area contributed by atoms with E-state index in [0.29, 0.717) is 17.3 Å². The van der Waals surface area contributed by atoms with Crippen molar-refractivity contribution in [1.82, 2.24) is 14.7 Å². The lowest BCUT2D eigenvalue weighted by Crippen LogP contribution is -2.32. The number of carbonyl (C=O) groups is 1. The molecule has 1 aromatic rings. The lowest BCUT2D eigenvalue weighted by Gasteiger charge is -2.20. The average molecular weight is 250 g/mol. The standard InChI is InChI=1S/C13H22N4O/c1-3-17-9-11(14)12(15-17)13(18)16(2)8-10-6-4-5-7-10/h9-10H,3-8,14H2,1-2H3. The minimum atomic E-state index is -0.0633. The molecule has 1 aliphatic rings. The number of rotatable bonds is 4. The third kappa shape index (κ3) is 2.66. The van der Waals surface area contributed by atoms with Gasteiger partial charge in [-0.2, -0.15) is 5.10 Å². The monoisotopic (exact) mass is 250 g/mol. The van der Waals surface area contributed by atoms with Crippen LogP contribution in [0.1, 0.15) is 43.1 Å². The Balaban J connectivity index is 2.02. The molecule has 0 radical (unpaired) electrons. The lowest BCUT2D eigenvalue weighted by atomic mass is 10.1. The van der Waals surface area contributed by atoms with Crippen molar-refractivity contribution in [1.29, 1.82) is 0 Å². The number of hydrogen-bond acceptors (Lipinski definition) is 3. The number of amides is 1. The number of nitrogens with zero attached hydrogens (tertiary/aromatic N) is 3. The summed E-state index contributed by atoms with van der Waals surface area (Å²) in [5.41, 5.74) is 6.69. The van der Waals surface area contributed by atoms with E-state index in [1.807, 2.05) is 14.0 Å². The minimum absolute atomic E-state index is 0.0633. The van der Waals surface area contributed by atoms with Crippen LogP contribution in [0.3, 0.4) is 0 Å². The molecule has 5 heteroatoms. The maximum atomic E-state index is 12.3. The molecule has 0 atom stereocenters. The Hall–Kier alpha value is -1.52. The molecule has 2 N–H and O–H groups in total. The minimum Gasteiger partial charge on any atom is -0.396 e. The highest BCUT2D eigenvalue weighted by atomic mass is 16.2. The van der Waals surface area contributed by atoms with Gasteiger partial charge in [0.15, 0.2) is 5.69 Å². The Bertz CT molecular complexity index is 421. The Morgan fingerprint density at radius 3 is 2.78 bits per heavy atom. The van der Waals surface area contributed by atoms with Crippen LogP contribution in [0.5, 0.6) is 0 Å². The summed E-state index contributed by atoms with van der Waals surface area (Å²) >= 11 is 0. The first-order valence-electron chi connectivity index (χ1n) is 6.70. The van der Waals surface area contributed by atoms with E-state index in [1.54, 1.807) is 15.8 Å². The zero-order valence-electron chi connectivity index (χ0n) is 11.2. The summed E-state index contributed by atoms with van der Waals surface area (Å²) in [6, 6.07) is 0. The van der Waals surface area contributed by atoms with Gasteiger partial charge in [-0.05, 0) is 25.7 Å². The third-order valence-corrected chi connectivity index (χ3v) is 3.67. The van der Waals surface area contributed by atoms with Gasteiger partial charge >= 0.3 is 0 Å². The summed E-state index contributed by atoms with van der Waals surface area (Å²) in [6.07, 6.45) is 6.77. The summed E-state index contributed by atoms with van der Waals surface area (Å²) in [5.74, 6) is 0.583. The first-order chi connectivity index (χ1) is 8.61. The highest BCUT2D eigenvalue weighted by molar-refractivity contribution is 5.96. The van der Waals surface area contributed by atoms with Gasteiger partial charge < -0.3 is 10.6 Å². The quantitative estimate of drug-likeness (QED) is 0.885. The van der Waals surface area contributed by atoms with E-state index in [0.717, 1.165) is 13.1 Å². The molecule has 0 bridgehead atoms. The molecule has 18 heavy (non-hydrogen) atoms. The van der Waals surface area contributed by atoms with Crippen LogP contribution in [0.2, 0.25) is 0 Å². The number of nitrogen functional groups attached to an aromatic ring is 1. The van der Waals surface area contributed by atoms with Gasteiger partial charge in [-0.1, -0.05) is 12.8 Å². The molecule has 1 fully saturated rings. The van der Waals surface area contributed by atoms with Crippen molar-refractivity contribution in [2.24, 2.45) is 5.92 Å². The molecule has 0 aromatic carbocycles. The van der Waals surface area contributed by atoms with Gasteiger partial charge in [-0.15, -0.1) is 0 Å². The van der Waals surface area contributed by atoms with Gasteiger partial charge in [0.1, 0.15) is 0 Å². The van der Waals surface area contributed by atoms with E-state index < -0.39 is 0 Å². The molecule has 1 heterocycles. The van der Waals surface area contributed by atoms with Gasteiger partial charge in [-0.3, -0.25) is 9.48 Å². The van der Waals surface area contributed by atoms with E-state index >= 15 is 0 Å². The molecule has 0 saturated heterocycles. The number of aromatic nitrogens is 2. The van der Waals surface area contributed by atoms with Crippen molar-refractivity contribution in [2.45, 2.75) is 39.2 Å². The number of hydrogen-bond donors (Lipinski definition) is 1. The predicted octanol–water partition coefficient (Wildman–Crippen LogP) is 1.75. The van der Waals surface area contributed by atoms with Gasteiger partial charge in [0.2, 0.25) is 0 Å². The summed E-state index contributed by atoms with van der Waals surface area (Å²) < 4.78 is 1.70. The van der Waals surface area contributed by atoms with E-state index in [-0.39, 0.29) is 5.91 Å². The zero-order chi connectivity index (χ0) is 13.1. The van der Waals surface area contributed by atoms with Crippen LogP contribution >= 0.6 is 0 Å². The fraction of sp³-hybridized carbons (Fsp3) is 0.692. The molecular weight excluding hydrogens is 228 g/mol. The molecule has 0 spiro atoms. The van der Waals surface area contributed by atoms with Crippen LogP contribution in [-0.2, 0) is 6.54 Å². The van der Waals surface area contributed by atoms with Crippen LogP contribution in [-0.4, -0.2) is 34.2 Å². The maximum Gasteiger partial charge on any atom is 0.276 e. The van der Waals surface area contributed by atoms with E-state index in [9.17, 15) is 4.79 Å². The van der Waals surface area contributed by atoms with Crippen LogP contribution in [0.25, 0.3) is 0 Å². The molecule has 1 aromatic heterocycles. The van der Waals surface area contributed by atoms with Crippen LogP contribution in [0.15, 0.2) is 6.20 Å². The Morgan fingerprint density at radius 1 is 1.56 bits per heavy atom. The second-order valence-corrected chi connectivity index (χ2v) is 5.12. The summed E-state index contributed by atoms with van der Waals surface area (Å²) in [6.45, 7) is 3.52. The van der Waals surface area contributed by atoms with E-state index in [4.69, 9.17) is 5.73 Å². The van der Waals surface area contributed by atoms with Gasteiger partial charge in [0.05, 0.1) is 5.69 Å². The highest BCUT2D eigenvalue weighted by Crippen LogP contribution is 2.25. The smallest absolute Gasteiger partial charge is 0.276 e. The number of carbonyl (C=O) groups excluding carboxylic acids is 1. The van der Waals surface area contributed by atoms with Crippen molar-refractivity contribution >= 4 is 11.6 Å². The summed E-state index contributed by atoms with van der Waals surface area (Å²) in [7, 11) is 1.84. The number of aryl methyl sites for hydroxylation is 1. The molecule has 5 nitrogen and oxygen atoms in total. The first kappa shape index (κ1) is 12.9. The molecule has 1 aliphatic carbocycles. The van der Waals surface area contributed by atoms with Gasteiger partial charge in [0, 0.05) is 26.3 Å². The zero-order valence-corrected chi connectivity index (χ0v) is 11.2. The fourth-order valence-corrected chi connectivity index (χ4v) is 2.61. The third-order valence-electron chi connectivity index (χ3n) is 3.67. The second-order valence-electron chi connectivity index (χ2n) is 5.12. The Kier molecular flexibility index (Phi) is 3.89. The second kappa shape index (κ2) is 5.42.